The minimum atomic E-state index is -0.832. The third-order valence-corrected chi connectivity index (χ3v) is 3.42. The average molecular weight is 307 g/mol. The topological polar surface area (TPSA) is 48.0 Å². The van der Waals surface area contributed by atoms with Crippen molar-refractivity contribution in [3.63, 3.8) is 0 Å². The van der Waals surface area contributed by atoms with Crippen LogP contribution in [0.15, 0.2) is 30.3 Å². The van der Waals surface area contributed by atoms with Crippen LogP contribution in [0.4, 0.5) is 0 Å². The number of carbonyl (C=O) groups excluding carboxylic acids is 1. The van der Waals surface area contributed by atoms with Crippen LogP contribution in [-0.2, 0) is 19.1 Å². The van der Waals surface area contributed by atoms with E-state index < -0.39 is 17.5 Å². The average Bonchev–Trinajstić information content (AvgIpc) is 2.45. The molecule has 5 nitrogen and oxygen atoms in total. The number of hydrogen-bond donors (Lipinski definition) is 0. The summed E-state index contributed by atoms with van der Waals surface area (Å²) in [4.78, 5) is 18.2. The number of rotatable bonds is 5. The maximum absolute atomic E-state index is 12.4. The van der Waals surface area contributed by atoms with E-state index in [2.05, 4.69) is 0 Å². The first-order valence-corrected chi connectivity index (χ1v) is 7.45. The second kappa shape index (κ2) is 5.99. The molecule has 0 aromatic heterocycles. The molecule has 22 heavy (non-hydrogen) atoms. The lowest BCUT2D eigenvalue weighted by atomic mass is 9.92. The summed E-state index contributed by atoms with van der Waals surface area (Å²) in [5.74, 6) is -1.02. The van der Waals surface area contributed by atoms with Gasteiger partial charge in [-0.25, -0.2) is 5.06 Å². The highest BCUT2D eigenvalue weighted by atomic mass is 16.7. The lowest BCUT2D eigenvalue weighted by molar-refractivity contribution is -0.324. The van der Waals surface area contributed by atoms with Crippen LogP contribution in [-0.4, -0.2) is 35.6 Å². The van der Waals surface area contributed by atoms with Gasteiger partial charge in [0.2, 0.25) is 0 Å². The third kappa shape index (κ3) is 3.66. The zero-order chi connectivity index (χ0) is 16.5. The molecule has 0 N–H and O–H groups in total. The number of nitrogens with zero attached hydrogens (tertiary/aromatic N) is 1. The molecule has 1 fully saturated rings. The van der Waals surface area contributed by atoms with Gasteiger partial charge in [0.25, 0.3) is 5.91 Å². The third-order valence-electron chi connectivity index (χ3n) is 3.42. The van der Waals surface area contributed by atoms with Crippen molar-refractivity contribution in [1.29, 1.82) is 0 Å². The van der Waals surface area contributed by atoms with Crippen molar-refractivity contribution in [2.75, 3.05) is 7.11 Å². The van der Waals surface area contributed by atoms with Crippen LogP contribution < -0.4 is 0 Å². The fourth-order valence-electron chi connectivity index (χ4n) is 2.26. The molecule has 1 aromatic carbocycles. The van der Waals surface area contributed by atoms with Crippen LogP contribution in [0.1, 0.15) is 46.2 Å². The summed E-state index contributed by atoms with van der Waals surface area (Å²) in [6.45, 7) is 9.31. The number of benzene rings is 1. The largest absolute Gasteiger partial charge is 0.354 e. The van der Waals surface area contributed by atoms with E-state index in [4.69, 9.17) is 14.3 Å². The minimum Gasteiger partial charge on any atom is -0.354 e. The molecule has 1 aliphatic heterocycles. The molecule has 0 aliphatic carbocycles. The molecule has 1 aliphatic rings. The van der Waals surface area contributed by atoms with Crippen molar-refractivity contribution < 1.29 is 19.1 Å². The number of amides is 1. The molecule has 5 heteroatoms. The molecule has 0 saturated carbocycles. The zero-order valence-corrected chi connectivity index (χ0v) is 14.1. The van der Waals surface area contributed by atoms with Gasteiger partial charge < -0.3 is 9.47 Å². The van der Waals surface area contributed by atoms with Gasteiger partial charge in [0.1, 0.15) is 6.04 Å². The summed E-state index contributed by atoms with van der Waals surface area (Å²) in [5.41, 5.74) is 0.521. The quantitative estimate of drug-likeness (QED) is 0.619. The van der Waals surface area contributed by atoms with E-state index in [0.717, 1.165) is 5.56 Å². The van der Waals surface area contributed by atoms with E-state index in [9.17, 15) is 4.79 Å². The van der Waals surface area contributed by atoms with Gasteiger partial charge in [-0.2, -0.15) is 0 Å². The molecule has 0 unspecified atom stereocenters. The highest BCUT2D eigenvalue weighted by Crippen LogP contribution is 2.40. The van der Waals surface area contributed by atoms with E-state index in [1.807, 2.05) is 51.1 Å². The molecule has 2 rings (SSSR count). The fraction of sp³-hybridized carbons (Fsp3) is 0.588. The second-order valence-electron chi connectivity index (χ2n) is 6.87. The lowest BCUT2D eigenvalue weighted by Crippen LogP contribution is -2.63. The van der Waals surface area contributed by atoms with Crippen molar-refractivity contribution in [1.82, 2.24) is 5.06 Å². The summed E-state index contributed by atoms with van der Waals surface area (Å²) >= 11 is 0. The van der Waals surface area contributed by atoms with Crippen molar-refractivity contribution >= 4 is 5.91 Å². The van der Waals surface area contributed by atoms with Crippen LogP contribution in [0.25, 0.3) is 0 Å². The van der Waals surface area contributed by atoms with Crippen LogP contribution in [0.3, 0.4) is 0 Å². The van der Waals surface area contributed by atoms with Gasteiger partial charge in [0, 0.05) is 7.11 Å². The maximum Gasteiger partial charge on any atom is 0.278 e. The standard InChI is InChI=1S/C17H25NO4/c1-16(2,3)22-18-13(12-10-8-7-9-11-12)14(15(18)19)21-17(4,5)20-6/h7-11,13-14H,1-6H3/t13-,14+/m0/s1. The Morgan fingerprint density at radius 2 is 1.64 bits per heavy atom. The first-order valence-electron chi connectivity index (χ1n) is 7.45. The van der Waals surface area contributed by atoms with E-state index in [0.29, 0.717) is 0 Å². The van der Waals surface area contributed by atoms with Crippen LogP contribution >= 0.6 is 0 Å². The number of ether oxygens (including phenoxy) is 2. The van der Waals surface area contributed by atoms with E-state index in [1.54, 1.807) is 21.0 Å². The van der Waals surface area contributed by atoms with Crippen molar-refractivity contribution in [2.45, 2.75) is 58.2 Å². The predicted octanol–water partition coefficient (Wildman–Crippen LogP) is 3.07. The Bertz CT molecular complexity index is 521. The van der Waals surface area contributed by atoms with Gasteiger partial charge in [-0.15, -0.1) is 0 Å². The Balaban J connectivity index is 2.25. The normalized spacial score (nSPS) is 22.6. The molecule has 2 atom stereocenters. The Kier molecular flexibility index (Phi) is 4.61. The van der Waals surface area contributed by atoms with Crippen molar-refractivity contribution in [2.24, 2.45) is 0 Å². The molecule has 1 heterocycles. The molecular weight excluding hydrogens is 282 g/mol. The van der Waals surface area contributed by atoms with Crippen molar-refractivity contribution in [3.8, 4) is 0 Å². The lowest BCUT2D eigenvalue weighted by Gasteiger charge is -2.49. The number of β-lactam (4-membered cyclic amide) rings is 1. The Morgan fingerprint density at radius 1 is 1.05 bits per heavy atom. The number of methoxy groups -OCH3 is 1. The van der Waals surface area contributed by atoms with Crippen LogP contribution in [0.2, 0.25) is 0 Å². The summed E-state index contributed by atoms with van der Waals surface area (Å²) in [6, 6.07) is 9.46. The minimum absolute atomic E-state index is 0.186. The molecule has 1 amide bonds. The highest BCUT2D eigenvalue weighted by molar-refractivity contribution is 5.88. The highest BCUT2D eigenvalue weighted by Gasteiger charge is 2.53. The Hall–Kier alpha value is -1.43. The van der Waals surface area contributed by atoms with Crippen LogP contribution in [0.5, 0.6) is 0 Å². The zero-order valence-electron chi connectivity index (χ0n) is 14.1. The van der Waals surface area contributed by atoms with E-state index in [1.165, 1.54) is 5.06 Å². The van der Waals surface area contributed by atoms with Gasteiger partial charge >= 0.3 is 0 Å². The first-order chi connectivity index (χ1) is 10.1. The Morgan fingerprint density at radius 3 is 2.14 bits per heavy atom. The molecule has 122 valence electrons. The monoisotopic (exact) mass is 307 g/mol. The SMILES string of the molecule is COC(C)(C)O[C@H]1C(=O)N(OC(C)(C)C)[C@H]1c1ccccc1. The maximum atomic E-state index is 12.4. The summed E-state index contributed by atoms with van der Waals surface area (Å²) in [7, 11) is 1.56. The van der Waals surface area contributed by atoms with Gasteiger partial charge in [0.05, 0.1) is 5.60 Å². The number of carbonyl (C=O) groups is 1. The van der Waals surface area contributed by atoms with E-state index in [-0.39, 0.29) is 11.9 Å². The molecule has 1 aromatic rings. The molecule has 0 radical (unpaired) electrons. The number of hydroxylamine groups is 2. The second-order valence-corrected chi connectivity index (χ2v) is 6.87. The summed E-state index contributed by atoms with van der Waals surface area (Å²) < 4.78 is 11.1. The van der Waals surface area contributed by atoms with Crippen molar-refractivity contribution in [3.05, 3.63) is 35.9 Å². The van der Waals surface area contributed by atoms with E-state index >= 15 is 0 Å². The smallest absolute Gasteiger partial charge is 0.278 e. The molecule has 1 saturated heterocycles. The molecule has 0 bridgehead atoms. The number of hydrogen-bond acceptors (Lipinski definition) is 4. The van der Waals surface area contributed by atoms with Crippen LogP contribution in [0, 0.1) is 0 Å². The first kappa shape index (κ1) is 16.9. The van der Waals surface area contributed by atoms with Gasteiger partial charge in [-0.1, -0.05) is 30.3 Å². The Labute approximate surface area is 132 Å². The summed E-state index contributed by atoms with van der Waals surface area (Å²) in [5, 5.41) is 1.41. The fourth-order valence-corrected chi connectivity index (χ4v) is 2.26. The molecular formula is C17H25NO4. The van der Waals surface area contributed by atoms with Gasteiger partial charge in [-0.3, -0.25) is 9.63 Å². The van der Waals surface area contributed by atoms with Gasteiger partial charge in [0.15, 0.2) is 11.9 Å². The predicted molar refractivity (Wildman–Crippen MR) is 82.8 cm³/mol. The summed E-state index contributed by atoms with van der Waals surface area (Å²) in [6.07, 6.45) is -0.611. The molecule has 0 spiro atoms. The van der Waals surface area contributed by atoms with Gasteiger partial charge in [-0.05, 0) is 40.2 Å².